The van der Waals surface area contributed by atoms with Gasteiger partial charge in [0.25, 0.3) is 0 Å². The summed E-state index contributed by atoms with van der Waals surface area (Å²) in [5, 5.41) is 4.01. The van der Waals surface area contributed by atoms with Crippen LogP contribution in [0.25, 0.3) is 11.0 Å². The quantitative estimate of drug-likeness (QED) is 0.448. The molecule has 0 bridgehead atoms. The van der Waals surface area contributed by atoms with Gasteiger partial charge in [0.15, 0.2) is 5.78 Å². The van der Waals surface area contributed by atoms with Gasteiger partial charge in [-0.25, -0.2) is 4.98 Å². The number of nitrogens with zero attached hydrogens (tertiary/aromatic N) is 3. The van der Waals surface area contributed by atoms with Gasteiger partial charge < -0.3 is 9.88 Å². The summed E-state index contributed by atoms with van der Waals surface area (Å²) < 4.78 is 2.27. The summed E-state index contributed by atoms with van der Waals surface area (Å²) in [6, 6.07) is 25.6. The van der Waals surface area contributed by atoms with E-state index in [9.17, 15) is 4.79 Å². The van der Waals surface area contributed by atoms with Crippen LogP contribution in [0.2, 0.25) is 5.02 Å². The summed E-state index contributed by atoms with van der Waals surface area (Å²) in [5.74, 6) is 1.09. The normalized spacial score (nSPS) is 17.0. The Morgan fingerprint density at radius 1 is 0.969 bits per heavy atom. The van der Waals surface area contributed by atoms with Crippen molar-refractivity contribution in [2.24, 2.45) is 0 Å². The number of fused-ring (bicyclic) bond motifs is 1. The van der Waals surface area contributed by atoms with Crippen LogP contribution in [0.5, 0.6) is 0 Å². The standard InChI is InChI=1S/C26H25ClN4O/c27-21-12-10-20(11-13-21)26(32)24-16-28-14-15-30(24)18-25-29-22-8-4-5-9-23(22)31(25)17-19-6-2-1-3-7-19/h1-13,24,28H,14-18H2. The number of benzene rings is 3. The molecule has 162 valence electrons. The van der Waals surface area contributed by atoms with Crippen molar-refractivity contribution < 1.29 is 4.79 Å². The van der Waals surface area contributed by atoms with Crippen LogP contribution in [0.1, 0.15) is 21.7 Å². The molecule has 1 aromatic heterocycles. The first-order chi connectivity index (χ1) is 15.7. The van der Waals surface area contributed by atoms with Gasteiger partial charge in [0.1, 0.15) is 5.82 Å². The number of carbonyl (C=O) groups is 1. The Balaban J connectivity index is 1.46. The minimum Gasteiger partial charge on any atom is -0.322 e. The number of ketones is 1. The third-order valence-corrected chi connectivity index (χ3v) is 6.30. The van der Waals surface area contributed by atoms with Gasteiger partial charge in [-0.05, 0) is 42.0 Å². The van der Waals surface area contributed by atoms with E-state index in [1.165, 1.54) is 5.56 Å². The Labute approximate surface area is 192 Å². The average molecular weight is 445 g/mol. The van der Waals surface area contributed by atoms with Gasteiger partial charge in [0, 0.05) is 36.8 Å². The summed E-state index contributed by atoms with van der Waals surface area (Å²) in [4.78, 5) is 20.5. The number of imidazole rings is 1. The second-order valence-corrected chi connectivity index (χ2v) is 8.59. The predicted molar refractivity (Wildman–Crippen MR) is 128 cm³/mol. The maximum atomic E-state index is 13.3. The first-order valence-corrected chi connectivity index (χ1v) is 11.3. The summed E-state index contributed by atoms with van der Waals surface area (Å²) in [6.45, 7) is 3.63. The minimum absolute atomic E-state index is 0.111. The van der Waals surface area contributed by atoms with E-state index in [0.717, 1.165) is 36.5 Å². The van der Waals surface area contributed by atoms with Crippen LogP contribution in [0.3, 0.4) is 0 Å². The van der Waals surface area contributed by atoms with Gasteiger partial charge in [-0.2, -0.15) is 0 Å². The number of piperazine rings is 1. The molecule has 1 fully saturated rings. The number of carbonyl (C=O) groups excluding carboxylic acids is 1. The Kier molecular flexibility index (Phi) is 6.04. The van der Waals surface area contributed by atoms with Gasteiger partial charge >= 0.3 is 0 Å². The molecule has 1 saturated heterocycles. The first kappa shape index (κ1) is 20.9. The molecule has 0 saturated carbocycles. The van der Waals surface area contributed by atoms with Crippen LogP contribution in [0, 0.1) is 0 Å². The third kappa shape index (κ3) is 4.32. The zero-order valence-electron chi connectivity index (χ0n) is 17.7. The smallest absolute Gasteiger partial charge is 0.181 e. The zero-order valence-corrected chi connectivity index (χ0v) is 18.5. The minimum atomic E-state index is -0.241. The first-order valence-electron chi connectivity index (χ1n) is 10.9. The van der Waals surface area contributed by atoms with Crippen molar-refractivity contribution in [3.8, 4) is 0 Å². The van der Waals surface area contributed by atoms with E-state index >= 15 is 0 Å². The zero-order chi connectivity index (χ0) is 21.9. The van der Waals surface area contributed by atoms with Crippen molar-refractivity contribution in [3.63, 3.8) is 0 Å². The molecule has 2 heterocycles. The molecule has 3 aromatic carbocycles. The van der Waals surface area contributed by atoms with Gasteiger partial charge in [0.2, 0.25) is 0 Å². The highest BCUT2D eigenvalue weighted by Crippen LogP contribution is 2.22. The maximum Gasteiger partial charge on any atom is 0.181 e. The molecular weight excluding hydrogens is 420 g/mol. The monoisotopic (exact) mass is 444 g/mol. The van der Waals surface area contributed by atoms with E-state index in [-0.39, 0.29) is 11.8 Å². The van der Waals surface area contributed by atoms with Crippen molar-refractivity contribution in [1.82, 2.24) is 19.8 Å². The summed E-state index contributed by atoms with van der Waals surface area (Å²) >= 11 is 6.02. The van der Waals surface area contributed by atoms with Gasteiger partial charge in [0.05, 0.1) is 23.6 Å². The fourth-order valence-corrected chi connectivity index (χ4v) is 4.50. The number of nitrogens with one attached hydrogen (secondary N) is 1. The summed E-state index contributed by atoms with van der Waals surface area (Å²) in [6.07, 6.45) is 0. The van der Waals surface area contributed by atoms with E-state index in [1.54, 1.807) is 12.1 Å². The molecule has 5 nitrogen and oxygen atoms in total. The molecule has 1 aliphatic heterocycles. The Morgan fingerprint density at radius 3 is 2.53 bits per heavy atom. The molecule has 1 aliphatic rings. The molecule has 5 rings (SSSR count). The van der Waals surface area contributed by atoms with Crippen LogP contribution in [-0.2, 0) is 13.1 Å². The number of hydrogen-bond acceptors (Lipinski definition) is 4. The molecule has 6 heteroatoms. The topological polar surface area (TPSA) is 50.2 Å². The highest BCUT2D eigenvalue weighted by Gasteiger charge is 2.30. The largest absolute Gasteiger partial charge is 0.322 e. The summed E-state index contributed by atoms with van der Waals surface area (Å²) in [7, 11) is 0. The number of aromatic nitrogens is 2. The third-order valence-electron chi connectivity index (χ3n) is 6.05. The van der Waals surface area contributed by atoms with Gasteiger partial charge in [-0.3, -0.25) is 9.69 Å². The number of halogens is 1. The highest BCUT2D eigenvalue weighted by atomic mass is 35.5. The number of hydrogen-bond donors (Lipinski definition) is 1. The molecule has 0 spiro atoms. The number of rotatable bonds is 6. The van der Waals surface area contributed by atoms with Crippen molar-refractivity contribution in [3.05, 3.63) is 101 Å². The molecule has 1 unspecified atom stereocenters. The molecule has 1 N–H and O–H groups in total. The Hall–Kier alpha value is -2.99. The lowest BCUT2D eigenvalue weighted by Crippen LogP contribution is -2.54. The van der Waals surface area contributed by atoms with Crippen LogP contribution in [0.4, 0.5) is 0 Å². The van der Waals surface area contributed by atoms with E-state index in [0.29, 0.717) is 23.7 Å². The fourth-order valence-electron chi connectivity index (χ4n) is 4.37. The molecule has 0 amide bonds. The van der Waals surface area contributed by atoms with Crippen LogP contribution in [0.15, 0.2) is 78.9 Å². The highest BCUT2D eigenvalue weighted by molar-refractivity contribution is 6.30. The Bertz CT molecular complexity index is 1220. The van der Waals surface area contributed by atoms with Crippen molar-refractivity contribution in [2.45, 2.75) is 19.1 Å². The molecule has 32 heavy (non-hydrogen) atoms. The number of para-hydroxylation sites is 2. The van der Waals surface area contributed by atoms with Crippen molar-refractivity contribution in [2.75, 3.05) is 19.6 Å². The number of Topliss-reactive ketones (excluding diaryl/α,β-unsaturated/α-hetero) is 1. The van der Waals surface area contributed by atoms with Gasteiger partial charge in [-0.1, -0.05) is 54.1 Å². The molecular formula is C26H25ClN4O. The molecule has 4 aromatic rings. The molecule has 0 radical (unpaired) electrons. The molecule has 1 atom stereocenters. The van der Waals surface area contributed by atoms with E-state index < -0.39 is 0 Å². The van der Waals surface area contributed by atoms with Crippen LogP contribution < -0.4 is 5.32 Å². The van der Waals surface area contributed by atoms with Crippen LogP contribution in [-0.4, -0.2) is 45.9 Å². The SMILES string of the molecule is O=C(c1ccc(Cl)cc1)C1CNCCN1Cc1nc2ccccc2n1Cc1ccccc1. The lowest BCUT2D eigenvalue weighted by Gasteiger charge is -2.35. The van der Waals surface area contributed by atoms with Crippen molar-refractivity contribution in [1.29, 1.82) is 0 Å². The van der Waals surface area contributed by atoms with E-state index in [1.807, 2.05) is 30.3 Å². The molecule has 0 aliphatic carbocycles. The average Bonchev–Trinajstić information content (AvgIpc) is 3.17. The Morgan fingerprint density at radius 2 is 1.72 bits per heavy atom. The summed E-state index contributed by atoms with van der Waals surface area (Å²) in [5.41, 5.74) is 4.01. The van der Waals surface area contributed by atoms with Crippen LogP contribution >= 0.6 is 11.6 Å². The lowest BCUT2D eigenvalue weighted by molar-refractivity contribution is 0.0751. The van der Waals surface area contributed by atoms with Crippen molar-refractivity contribution >= 4 is 28.4 Å². The predicted octanol–water partition coefficient (Wildman–Crippen LogP) is 4.39. The second-order valence-electron chi connectivity index (χ2n) is 8.15. The fraction of sp³-hybridized carbons (Fsp3) is 0.231. The second kappa shape index (κ2) is 9.25. The lowest BCUT2D eigenvalue weighted by atomic mass is 10.0. The maximum absolute atomic E-state index is 13.3. The van der Waals surface area contributed by atoms with E-state index in [4.69, 9.17) is 16.6 Å². The van der Waals surface area contributed by atoms with Gasteiger partial charge in [-0.15, -0.1) is 0 Å². The van der Waals surface area contributed by atoms with E-state index in [2.05, 4.69) is 51.2 Å².